The SMILES string of the molecule is I.Oc1ccc(C2CNCCc3c(F)c(O)c(O)c(F)c32)cc1. The topological polar surface area (TPSA) is 72.7 Å². The summed E-state index contributed by atoms with van der Waals surface area (Å²) < 4.78 is 28.7. The van der Waals surface area contributed by atoms with Crippen LogP contribution >= 0.6 is 24.0 Å². The number of halogens is 3. The van der Waals surface area contributed by atoms with Crippen molar-refractivity contribution in [2.45, 2.75) is 12.3 Å². The van der Waals surface area contributed by atoms with Crippen LogP contribution in [0.4, 0.5) is 8.78 Å². The van der Waals surface area contributed by atoms with Crippen molar-refractivity contribution in [1.29, 1.82) is 0 Å². The molecule has 0 aromatic heterocycles. The highest BCUT2D eigenvalue weighted by atomic mass is 127. The predicted molar refractivity (Wildman–Crippen MR) is 91.6 cm³/mol. The number of hydrogen-bond acceptors (Lipinski definition) is 4. The zero-order chi connectivity index (χ0) is 15.9. The van der Waals surface area contributed by atoms with E-state index in [1.807, 2.05) is 0 Å². The highest BCUT2D eigenvalue weighted by molar-refractivity contribution is 14.0. The van der Waals surface area contributed by atoms with Crippen LogP contribution < -0.4 is 5.32 Å². The lowest BCUT2D eigenvalue weighted by atomic mass is 9.87. The van der Waals surface area contributed by atoms with Gasteiger partial charge in [-0.3, -0.25) is 0 Å². The van der Waals surface area contributed by atoms with Gasteiger partial charge in [-0.1, -0.05) is 12.1 Å². The minimum Gasteiger partial charge on any atom is -0.508 e. The lowest BCUT2D eigenvalue weighted by molar-refractivity contribution is 0.353. The standard InChI is InChI=1S/C16H15F2NO3.HI/c17-13-10-5-6-19-7-11(8-1-3-9(20)4-2-8)12(10)14(18)16(22)15(13)21;/h1-4,11,19-22H,5-7H2;1H. The number of rotatable bonds is 1. The molecule has 2 aromatic carbocycles. The van der Waals surface area contributed by atoms with Crippen LogP contribution in [0.2, 0.25) is 0 Å². The summed E-state index contributed by atoms with van der Waals surface area (Å²) in [7, 11) is 0. The van der Waals surface area contributed by atoms with E-state index in [2.05, 4.69) is 5.32 Å². The van der Waals surface area contributed by atoms with Gasteiger partial charge in [0.15, 0.2) is 23.1 Å². The molecule has 124 valence electrons. The largest absolute Gasteiger partial charge is 0.508 e. The number of hydrogen-bond donors (Lipinski definition) is 4. The van der Waals surface area contributed by atoms with Gasteiger partial charge in [-0.15, -0.1) is 24.0 Å². The quantitative estimate of drug-likeness (QED) is 0.411. The Hall–Kier alpha value is -1.61. The van der Waals surface area contributed by atoms with E-state index in [0.29, 0.717) is 18.7 Å². The molecule has 7 heteroatoms. The summed E-state index contributed by atoms with van der Waals surface area (Å²) in [5, 5.41) is 31.6. The molecular formula is C16H16F2INO3. The lowest BCUT2D eigenvalue weighted by Crippen LogP contribution is -2.21. The summed E-state index contributed by atoms with van der Waals surface area (Å²) in [6.45, 7) is 0.792. The van der Waals surface area contributed by atoms with Crippen LogP contribution in [0, 0.1) is 11.6 Å². The summed E-state index contributed by atoms with van der Waals surface area (Å²) in [5.41, 5.74) is 0.788. The number of phenols is 3. The van der Waals surface area contributed by atoms with E-state index < -0.39 is 29.1 Å². The maximum Gasteiger partial charge on any atom is 0.197 e. The first-order chi connectivity index (χ1) is 10.5. The summed E-state index contributed by atoms with van der Waals surface area (Å²) in [6.07, 6.45) is 0.209. The molecule has 0 saturated carbocycles. The number of phenolic OH excluding ortho intramolecular Hbond substituents is 3. The Labute approximate surface area is 148 Å². The van der Waals surface area contributed by atoms with Crippen LogP contribution in [0.3, 0.4) is 0 Å². The van der Waals surface area contributed by atoms with Crippen molar-refractivity contribution in [1.82, 2.24) is 5.32 Å². The van der Waals surface area contributed by atoms with Crippen LogP contribution in [0.15, 0.2) is 24.3 Å². The molecule has 0 bridgehead atoms. The Morgan fingerprint density at radius 1 is 0.957 bits per heavy atom. The van der Waals surface area contributed by atoms with E-state index in [1.165, 1.54) is 12.1 Å². The fourth-order valence-corrected chi connectivity index (χ4v) is 2.89. The predicted octanol–water partition coefficient (Wildman–Crippen LogP) is 2.98. The van der Waals surface area contributed by atoms with Gasteiger partial charge < -0.3 is 20.6 Å². The van der Waals surface area contributed by atoms with E-state index >= 15 is 0 Å². The lowest BCUT2D eigenvalue weighted by Gasteiger charge is -2.20. The second kappa shape index (κ2) is 6.88. The fraction of sp³-hybridized carbons (Fsp3) is 0.250. The summed E-state index contributed by atoms with van der Waals surface area (Å²) in [6, 6.07) is 6.18. The van der Waals surface area contributed by atoms with Gasteiger partial charge in [0.25, 0.3) is 0 Å². The van der Waals surface area contributed by atoms with Gasteiger partial charge in [-0.05, 0) is 30.7 Å². The number of fused-ring (bicyclic) bond motifs is 1. The minimum absolute atomic E-state index is 0. The van der Waals surface area contributed by atoms with E-state index in [9.17, 15) is 24.1 Å². The number of aromatic hydroxyl groups is 3. The normalized spacial score (nSPS) is 17.0. The van der Waals surface area contributed by atoms with Crippen molar-refractivity contribution in [2.75, 3.05) is 13.1 Å². The van der Waals surface area contributed by atoms with Crippen molar-refractivity contribution >= 4 is 24.0 Å². The molecule has 0 amide bonds. The molecule has 1 aliphatic rings. The van der Waals surface area contributed by atoms with Gasteiger partial charge in [-0.2, -0.15) is 0 Å². The Kier molecular flexibility index (Phi) is 5.30. The Balaban J connectivity index is 0.00000192. The monoisotopic (exact) mass is 435 g/mol. The number of nitrogens with one attached hydrogen (secondary N) is 1. The van der Waals surface area contributed by atoms with Crippen molar-refractivity contribution < 1.29 is 24.1 Å². The Bertz CT molecular complexity index is 723. The van der Waals surface area contributed by atoms with E-state index in [0.717, 1.165) is 0 Å². The Morgan fingerprint density at radius 3 is 2.22 bits per heavy atom. The summed E-state index contributed by atoms with van der Waals surface area (Å²) in [5.74, 6) is -4.56. The second-order valence-electron chi connectivity index (χ2n) is 5.32. The molecule has 0 aliphatic carbocycles. The van der Waals surface area contributed by atoms with Gasteiger partial charge >= 0.3 is 0 Å². The molecule has 0 radical (unpaired) electrons. The highest BCUT2D eigenvalue weighted by Gasteiger charge is 2.31. The fourth-order valence-electron chi connectivity index (χ4n) is 2.89. The van der Waals surface area contributed by atoms with Gasteiger partial charge in [0.05, 0.1) is 0 Å². The molecule has 0 saturated heterocycles. The molecule has 1 unspecified atom stereocenters. The minimum atomic E-state index is -1.07. The molecule has 4 N–H and O–H groups in total. The smallest absolute Gasteiger partial charge is 0.197 e. The third-order valence-electron chi connectivity index (χ3n) is 4.01. The molecule has 0 fully saturated rings. The molecule has 1 aliphatic heterocycles. The Morgan fingerprint density at radius 2 is 1.57 bits per heavy atom. The van der Waals surface area contributed by atoms with Crippen molar-refractivity contribution in [3.8, 4) is 17.2 Å². The van der Waals surface area contributed by atoms with Crippen molar-refractivity contribution in [2.24, 2.45) is 0 Å². The third-order valence-corrected chi connectivity index (χ3v) is 4.01. The van der Waals surface area contributed by atoms with Gasteiger partial charge in [0.2, 0.25) is 0 Å². The van der Waals surface area contributed by atoms with Crippen LogP contribution in [-0.2, 0) is 6.42 Å². The molecule has 1 heterocycles. The molecule has 23 heavy (non-hydrogen) atoms. The molecule has 4 nitrogen and oxygen atoms in total. The van der Waals surface area contributed by atoms with Crippen molar-refractivity contribution in [3.63, 3.8) is 0 Å². The zero-order valence-corrected chi connectivity index (χ0v) is 14.3. The van der Waals surface area contributed by atoms with Gasteiger partial charge in [0.1, 0.15) is 5.75 Å². The molecule has 0 spiro atoms. The van der Waals surface area contributed by atoms with E-state index in [-0.39, 0.29) is 47.3 Å². The zero-order valence-electron chi connectivity index (χ0n) is 12.0. The van der Waals surface area contributed by atoms with Gasteiger partial charge in [0, 0.05) is 23.6 Å². The van der Waals surface area contributed by atoms with E-state index in [1.54, 1.807) is 12.1 Å². The average Bonchev–Trinajstić information content (AvgIpc) is 2.74. The molecule has 1 atom stereocenters. The first-order valence-electron chi connectivity index (χ1n) is 6.92. The highest BCUT2D eigenvalue weighted by Crippen LogP contribution is 2.42. The number of benzene rings is 2. The van der Waals surface area contributed by atoms with Gasteiger partial charge in [-0.25, -0.2) is 8.78 Å². The van der Waals surface area contributed by atoms with Crippen LogP contribution in [0.25, 0.3) is 0 Å². The maximum atomic E-state index is 14.5. The summed E-state index contributed by atoms with van der Waals surface area (Å²) in [4.78, 5) is 0. The van der Waals surface area contributed by atoms with Crippen molar-refractivity contribution in [3.05, 3.63) is 52.6 Å². The van der Waals surface area contributed by atoms with Crippen LogP contribution in [0.5, 0.6) is 17.2 Å². The molecular weight excluding hydrogens is 419 g/mol. The third kappa shape index (κ3) is 3.07. The summed E-state index contributed by atoms with van der Waals surface area (Å²) >= 11 is 0. The molecule has 2 aromatic rings. The second-order valence-corrected chi connectivity index (χ2v) is 5.32. The first-order valence-corrected chi connectivity index (χ1v) is 6.92. The maximum absolute atomic E-state index is 14.5. The van der Waals surface area contributed by atoms with Crippen LogP contribution in [0.1, 0.15) is 22.6 Å². The average molecular weight is 435 g/mol. The van der Waals surface area contributed by atoms with Crippen LogP contribution in [-0.4, -0.2) is 28.4 Å². The molecule has 3 rings (SSSR count). The first kappa shape index (κ1) is 17.7. The van der Waals surface area contributed by atoms with E-state index in [4.69, 9.17) is 0 Å².